The summed E-state index contributed by atoms with van der Waals surface area (Å²) in [6.07, 6.45) is 2.21. The van der Waals surface area contributed by atoms with Crippen LogP contribution >= 0.6 is 11.6 Å². The maximum absolute atomic E-state index is 13.7. The van der Waals surface area contributed by atoms with Crippen molar-refractivity contribution in [1.29, 1.82) is 0 Å². The van der Waals surface area contributed by atoms with Crippen molar-refractivity contribution in [2.75, 3.05) is 40.0 Å². The van der Waals surface area contributed by atoms with Crippen molar-refractivity contribution in [2.45, 2.75) is 31.1 Å². The molecule has 1 aromatic rings. The second-order valence-electron chi connectivity index (χ2n) is 7.52. The molecule has 2 fully saturated rings. The molecule has 148 valence electrons. The number of hydrogen-bond donors (Lipinski definition) is 1. The molecule has 1 N–H and O–H groups in total. The van der Waals surface area contributed by atoms with E-state index in [2.05, 4.69) is 0 Å². The van der Waals surface area contributed by atoms with E-state index in [1.807, 2.05) is 18.2 Å². The summed E-state index contributed by atoms with van der Waals surface area (Å²) in [6.45, 7) is 1.75. The minimum atomic E-state index is -1.06. The van der Waals surface area contributed by atoms with Crippen molar-refractivity contribution in [2.24, 2.45) is 5.41 Å². The van der Waals surface area contributed by atoms with Crippen LogP contribution in [0.4, 0.5) is 0 Å². The summed E-state index contributed by atoms with van der Waals surface area (Å²) in [5, 5.41) is 10.4. The zero-order valence-corrected chi connectivity index (χ0v) is 16.3. The number of hydrogen-bond acceptors (Lipinski definition) is 4. The van der Waals surface area contributed by atoms with Crippen LogP contribution in [0.5, 0.6) is 0 Å². The SMILES string of the molecule is COCC1(C(=O)O)CCCN(C(=O)C2(c3ccccc3Cl)CCOCC2)C1. The fourth-order valence-corrected chi connectivity index (χ4v) is 4.72. The van der Waals surface area contributed by atoms with E-state index in [-0.39, 0.29) is 19.1 Å². The van der Waals surface area contributed by atoms with Gasteiger partial charge < -0.3 is 19.5 Å². The zero-order valence-electron chi connectivity index (χ0n) is 15.6. The molecule has 2 aliphatic rings. The predicted octanol–water partition coefficient (Wildman–Crippen LogP) is 2.73. The van der Waals surface area contributed by atoms with Gasteiger partial charge in [0.25, 0.3) is 0 Å². The number of aliphatic carboxylic acids is 1. The Morgan fingerprint density at radius 3 is 2.59 bits per heavy atom. The number of rotatable bonds is 5. The van der Waals surface area contributed by atoms with Crippen LogP contribution in [-0.4, -0.2) is 61.9 Å². The van der Waals surface area contributed by atoms with Gasteiger partial charge in [-0.3, -0.25) is 9.59 Å². The van der Waals surface area contributed by atoms with Crippen LogP contribution in [0.1, 0.15) is 31.2 Å². The number of piperidine rings is 1. The number of carboxylic acid groups (broad SMARTS) is 1. The van der Waals surface area contributed by atoms with Gasteiger partial charge >= 0.3 is 5.97 Å². The average molecular weight is 396 g/mol. The van der Waals surface area contributed by atoms with Crippen molar-refractivity contribution in [3.8, 4) is 0 Å². The standard InChI is InChI=1S/C20H26ClNO5/c1-26-14-19(18(24)25)7-4-10-22(13-19)17(23)20(8-11-27-12-9-20)15-5-2-3-6-16(15)21/h2-3,5-6H,4,7-14H2,1H3,(H,24,25). The van der Waals surface area contributed by atoms with Crippen LogP contribution < -0.4 is 0 Å². The molecule has 1 amide bonds. The smallest absolute Gasteiger partial charge is 0.313 e. The number of carboxylic acids is 1. The quantitative estimate of drug-likeness (QED) is 0.829. The van der Waals surface area contributed by atoms with Crippen LogP contribution in [0.15, 0.2) is 24.3 Å². The lowest BCUT2D eigenvalue weighted by Gasteiger charge is -2.45. The molecule has 0 aromatic heterocycles. The third kappa shape index (κ3) is 3.71. The first kappa shape index (κ1) is 20.1. The average Bonchev–Trinajstić information content (AvgIpc) is 2.68. The number of methoxy groups -OCH3 is 1. The largest absolute Gasteiger partial charge is 0.481 e. The molecule has 6 nitrogen and oxygen atoms in total. The first-order valence-electron chi connectivity index (χ1n) is 9.30. The molecule has 7 heteroatoms. The maximum Gasteiger partial charge on any atom is 0.313 e. The van der Waals surface area contributed by atoms with Gasteiger partial charge in [-0.25, -0.2) is 0 Å². The third-order valence-electron chi connectivity index (χ3n) is 5.88. The Balaban J connectivity index is 1.95. The Morgan fingerprint density at radius 1 is 1.26 bits per heavy atom. The summed E-state index contributed by atoms with van der Waals surface area (Å²) < 4.78 is 10.7. The highest BCUT2D eigenvalue weighted by Crippen LogP contribution is 2.42. The third-order valence-corrected chi connectivity index (χ3v) is 6.21. The van der Waals surface area contributed by atoms with Crippen molar-refractivity contribution in [3.63, 3.8) is 0 Å². The van der Waals surface area contributed by atoms with Crippen LogP contribution in [0, 0.1) is 5.41 Å². The first-order valence-corrected chi connectivity index (χ1v) is 9.67. The predicted molar refractivity (Wildman–Crippen MR) is 101 cm³/mol. The van der Waals surface area contributed by atoms with Crippen LogP contribution in [0.25, 0.3) is 0 Å². The van der Waals surface area contributed by atoms with Gasteiger partial charge in [-0.2, -0.15) is 0 Å². The zero-order chi connectivity index (χ0) is 19.5. The number of carbonyl (C=O) groups is 2. The van der Waals surface area contributed by atoms with E-state index in [4.69, 9.17) is 21.1 Å². The summed E-state index contributed by atoms with van der Waals surface area (Å²) in [5.74, 6) is -0.971. The maximum atomic E-state index is 13.7. The van der Waals surface area contributed by atoms with E-state index < -0.39 is 16.8 Å². The Morgan fingerprint density at radius 2 is 1.96 bits per heavy atom. The van der Waals surface area contributed by atoms with Gasteiger partial charge in [-0.1, -0.05) is 29.8 Å². The van der Waals surface area contributed by atoms with E-state index in [1.165, 1.54) is 7.11 Å². The highest BCUT2D eigenvalue weighted by atomic mass is 35.5. The molecule has 0 saturated carbocycles. The van der Waals surface area contributed by atoms with E-state index in [9.17, 15) is 14.7 Å². The van der Waals surface area contributed by atoms with E-state index >= 15 is 0 Å². The molecule has 1 atom stereocenters. The molecule has 0 bridgehead atoms. The summed E-state index contributed by atoms with van der Waals surface area (Å²) >= 11 is 6.46. The molecule has 0 aliphatic carbocycles. The van der Waals surface area contributed by atoms with Gasteiger partial charge in [0, 0.05) is 38.4 Å². The molecule has 1 unspecified atom stereocenters. The summed E-state index contributed by atoms with van der Waals surface area (Å²) in [7, 11) is 1.50. The summed E-state index contributed by atoms with van der Waals surface area (Å²) in [6, 6.07) is 7.42. The van der Waals surface area contributed by atoms with E-state index in [1.54, 1.807) is 11.0 Å². The Hall–Kier alpha value is -1.63. The first-order chi connectivity index (χ1) is 12.9. The number of nitrogens with zero attached hydrogens (tertiary/aromatic N) is 1. The highest BCUT2D eigenvalue weighted by Gasteiger charge is 2.50. The van der Waals surface area contributed by atoms with Crippen molar-refractivity contribution in [3.05, 3.63) is 34.9 Å². The minimum absolute atomic E-state index is 0.0553. The van der Waals surface area contributed by atoms with E-state index in [0.717, 1.165) is 5.56 Å². The number of ether oxygens (including phenoxy) is 2. The molecule has 3 rings (SSSR count). The van der Waals surface area contributed by atoms with Crippen LogP contribution in [0.3, 0.4) is 0 Å². The van der Waals surface area contributed by atoms with Gasteiger partial charge in [-0.05, 0) is 37.3 Å². The summed E-state index contributed by atoms with van der Waals surface area (Å²) in [4.78, 5) is 27.4. The number of likely N-dealkylation sites (tertiary alicyclic amines) is 1. The summed E-state index contributed by atoms with van der Waals surface area (Å²) in [5.41, 5.74) is -1.03. The van der Waals surface area contributed by atoms with E-state index in [0.29, 0.717) is 50.5 Å². The van der Waals surface area contributed by atoms with Crippen LogP contribution in [0.2, 0.25) is 5.02 Å². The molecule has 2 saturated heterocycles. The number of carbonyl (C=O) groups excluding carboxylic acids is 1. The lowest BCUT2D eigenvalue weighted by molar-refractivity contribution is -0.161. The van der Waals surface area contributed by atoms with Gasteiger partial charge in [0.2, 0.25) is 5.91 Å². The number of halogens is 1. The fraction of sp³-hybridized carbons (Fsp3) is 0.600. The normalized spacial score (nSPS) is 25.2. The Bertz CT molecular complexity index is 699. The van der Waals surface area contributed by atoms with Crippen molar-refractivity contribution < 1.29 is 24.2 Å². The molecular formula is C20H26ClNO5. The topological polar surface area (TPSA) is 76.1 Å². The molecule has 0 spiro atoms. The molecular weight excluding hydrogens is 370 g/mol. The van der Waals surface area contributed by atoms with Gasteiger partial charge in [0.15, 0.2) is 0 Å². The van der Waals surface area contributed by atoms with Crippen molar-refractivity contribution in [1.82, 2.24) is 4.90 Å². The fourth-order valence-electron chi connectivity index (χ4n) is 4.41. The lowest BCUT2D eigenvalue weighted by atomic mass is 9.71. The monoisotopic (exact) mass is 395 g/mol. The highest BCUT2D eigenvalue weighted by molar-refractivity contribution is 6.31. The van der Waals surface area contributed by atoms with Crippen LogP contribution in [-0.2, 0) is 24.5 Å². The second kappa shape index (κ2) is 8.17. The molecule has 0 radical (unpaired) electrons. The number of benzene rings is 1. The molecule has 2 heterocycles. The Labute approximate surface area is 164 Å². The molecule has 1 aromatic carbocycles. The van der Waals surface area contributed by atoms with Gasteiger partial charge in [0.05, 0.1) is 12.0 Å². The van der Waals surface area contributed by atoms with Gasteiger partial charge in [0.1, 0.15) is 5.41 Å². The molecule has 27 heavy (non-hydrogen) atoms. The second-order valence-corrected chi connectivity index (χ2v) is 7.93. The lowest BCUT2D eigenvalue weighted by Crippen LogP contribution is -2.57. The van der Waals surface area contributed by atoms with Crippen molar-refractivity contribution >= 4 is 23.5 Å². The minimum Gasteiger partial charge on any atom is -0.481 e. The Kier molecular flexibility index (Phi) is 6.08. The number of amides is 1. The van der Waals surface area contributed by atoms with Gasteiger partial charge in [-0.15, -0.1) is 0 Å². The molecule has 2 aliphatic heterocycles.